The van der Waals surface area contributed by atoms with Crippen molar-refractivity contribution in [2.24, 2.45) is 0 Å². The lowest BCUT2D eigenvalue weighted by Gasteiger charge is -2.29. The van der Waals surface area contributed by atoms with E-state index in [0.29, 0.717) is 39.6 Å². The van der Waals surface area contributed by atoms with Crippen LogP contribution < -0.4 is 14.8 Å². The summed E-state index contributed by atoms with van der Waals surface area (Å²) in [7, 11) is 1.60. The fraction of sp³-hybridized carbons (Fsp3) is 0.267. The number of benzene rings is 3. The van der Waals surface area contributed by atoms with E-state index in [1.165, 1.54) is 12.8 Å². The zero-order valence-corrected chi connectivity index (χ0v) is 20.9. The van der Waals surface area contributed by atoms with Crippen LogP contribution in [0.15, 0.2) is 77.3 Å². The van der Waals surface area contributed by atoms with Crippen LogP contribution in [-0.4, -0.2) is 41.8 Å². The Bertz CT molecular complexity index is 1360. The molecule has 1 aliphatic heterocycles. The van der Waals surface area contributed by atoms with Crippen LogP contribution in [0.25, 0.3) is 22.6 Å². The van der Waals surface area contributed by atoms with Crippen molar-refractivity contribution in [1.29, 1.82) is 0 Å². The molecular weight excluding hydrogens is 468 g/mol. The number of carbonyl (C=O) groups is 1. The quantitative estimate of drug-likeness (QED) is 0.294. The SMILES string of the molecule is COc1ccc(-c2noc(-c3ccc(O)cc3)c2C(=O)c2cccc(OC(C)C3CCCCN3)c2)cc1. The molecule has 0 bridgehead atoms. The molecule has 7 nitrogen and oxygen atoms in total. The number of carbonyl (C=O) groups excluding carboxylic acids is 1. The van der Waals surface area contributed by atoms with E-state index in [1.54, 1.807) is 43.5 Å². The normalized spacial score (nSPS) is 16.2. The average molecular weight is 499 g/mol. The summed E-state index contributed by atoms with van der Waals surface area (Å²) >= 11 is 0. The second-order valence-electron chi connectivity index (χ2n) is 9.25. The van der Waals surface area contributed by atoms with Crippen LogP contribution in [0.5, 0.6) is 17.2 Å². The molecule has 0 spiro atoms. The number of phenolic OH excluding ortho intramolecular Hbond substituents is 1. The summed E-state index contributed by atoms with van der Waals surface area (Å²) in [6.07, 6.45) is 3.42. The van der Waals surface area contributed by atoms with Crippen LogP contribution in [-0.2, 0) is 0 Å². The van der Waals surface area contributed by atoms with Gasteiger partial charge in [-0.2, -0.15) is 0 Å². The number of hydrogen-bond acceptors (Lipinski definition) is 7. The third kappa shape index (κ3) is 5.37. The number of methoxy groups -OCH3 is 1. The Morgan fingerprint density at radius 2 is 1.78 bits per heavy atom. The third-order valence-corrected chi connectivity index (χ3v) is 6.75. The van der Waals surface area contributed by atoms with Crippen LogP contribution in [0.1, 0.15) is 42.1 Å². The number of ketones is 1. The fourth-order valence-electron chi connectivity index (χ4n) is 4.69. The summed E-state index contributed by atoms with van der Waals surface area (Å²) in [4.78, 5) is 14.0. The number of hydrogen-bond donors (Lipinski definition) is 2. The number of aromatic hydroxyl groups is 1. The third-order valence-electron chi connectivity index (χ3n) is 6.75. The molecule has 190 valence electrons. The highest BCUT2D eigenvalue weighted by molar-refractivity contribution is 6.15. The number of piperidine rings is 1. The van der Waals surface area contributed by atoms with Gasteiger partial charge in [-0.15, -0.1) is 0 Å². The maximum absolute atomic E-state index is 14.0. The zero-order valence-electron chi connectivity index (χ0n) is 20.9. The summed E-state index contributed by atoms with van der Waals surface area (Å²) in [5, 5.41) is 17.5. The van der Waals surface area contributed by atoms with Crippen molar-refractivity contribution in [3.63, 3.8) is 0 Å². The van der Waals surface area contributed by atoms with Crippen LogP contribution in [0.2, 0.25) is 0 Å². The van der Waals surface area contributed by atoms with Gasteiger partial charge in [0.05, 0.1) is 12.7 Å². The molecule has 2 atom stereocenters. The zero-order chi connectivity index (χ0) is 25.8. The van der Waals surface area contributed by atoms with Crippen LogP contribution >= 0.6 is 0 Å². The minimum Gasteiger partial charge on any atom is -0.508 e. The highest BCUT2D eigenvalue weighted by Gasteiger charge is 2.27. The highest BCUT2D eigenvalue weighted by atomic mass is 16.5. The van der Waals surface area contributed by atoms with Gasteiger partial charge in [-0.3, -0.25) is 4.79 Å². The number of nitrogens with zero attached hydrogens (tertiary/aromatic N) is 1. The first kappa shape index (κ1) is 24.6. The number of nitrogens with one attached hydrogen (secondary N) is 1. The largest absolute Gasteiger partial charge is 0.508 e. The summed E-state index contributed by atoms with van der Waals surface area (Å²) in [6, 6.07) is 21.3. The standard InChI is InChI=1S/C30H30N2O5/c1-19(26-8-3-4-17-31-26)36-25-7-5-6-22(18-25)29(34)27-28(20-11-15-24(35-2)16-12-20)32-37-30(27)21-9-13-23(33)14-10-21/h5-7,9-16,18-19,26,31,33H,3-4,8,17H2,1-2H3. The molecule has 1 fully saturated rings. The summed E-state index contributed by atoms with van der Waals surface area (Å²) in [5.74, 6) is 1.56. The Morgan fingerprint density at radius 1 is 1.03 bits per heavy atom. The molecule has 4 aromatic rings. The lowest BCUT2D eigenvalue weighted by atomic mass is 9.95. The van der Waals surface area contributed by atoms with Crippen molar-refractivity contribution >= 4 is 5.78 Å². The number of phenols is 1. The second kappa shape index (κ2) is 10.9. The van der Waals surface area contributed by atoms with Gasteiger partial charge in [-0.25, -0.2) is 0 Å². The number of ether oxygens (including phenoxy) is 2. The topological polar surface area (TPSA) is 93.8 Å². The number of aromatic nitrogens is 1. The van der Waals surface area contributed by atoms with Gasteiger partial charge in [0.25, 0.3) is 0 Å². The minimum atomic E-state index is -0.232. The Kier molecular flexibility index (Phi) is 7.23. The van der Waals surface area contributed by atoms with Gasteiger partial charge in [-0.05, 0) is 87.0 Å². The van der Waals surface area contributed by atoms with Crippen LogP contribution in [0.3, 0.4) is 0 Å². The van der Waals surface area contributed by atoms with E-state index in [4.69, 9.17) is 14.0 Å². The lowest BCUT2D eigenvalue weighted by molar-refractivity contribution is 0.103. The van der Waals surface area contributed by atoms with Gasteiger partial charge < -0.3 is 24.4 Å². The molecule has 0 radical (unpaired) electrons. The fourth-order valence-corrected chi connectivity index (χ4v) is 4.69. The molecule has 1 saturated heterocycles. The van der Waals surface area contributed by atoms with Crippen molar-refractivity contribution in [2.75, 3.05) is 13.7 Å². The van der Waals surface area contributed by atoms with E-state index >= 15 is 0 Å². The van der Waals surface area contributed by atoms with Gasteiger partial charge in [0, 0.05) is 22.7 Å². The maximum atomic E-state index is 14.0. The van der Waals surface area contributed by atoms with E-state index < -0.39 is 0 Å². The molecule has 3 aromatic carbocycles. The first-order valence-corrected chi connectivity index (χ1v) is 12.5. The molecule has 0 amide bonds. The van der Waals surface area contributed by atoms with Gasteiger partial charge in [0.1, 0.15) is 29.0 Å². The Hall–Kier alpha value is -4.10. The predicted octanol–water partition coefficient (Wildman–Crippen LogP) is 5.86. The average Bonchev–Trinajstić information content (AvgIpc) is 3.39. The van der Waals surface area contributed by atoms with Crippen LogP contribution in [0.4, 0.5) is 0 Å². The molecule has 2 heterocycles. The summed E-state index contributed by atoms with van der Waals surface area (Å²) in [6.45, 7) is 3.06. The van der Waals surface area contributed by atoms with Gasteiger partial charge in [-0.1, -0.05) is 23.7 Å². The van der Waals surface area contributed by atoms with Crippen molar-refractivity contribution in [2.45, 2.75) is 38.3 Å². The second-order valence-corrected chi connectivity index (χ2v) is 9.25. The molecule has 5 rings (SSSR count). The van der Waals surface area contributed by atoms with Crippen molar-refractivity contribution < 1.29 is 23.9 Å². The molecular formula is C30H30N2O5. The van der Waals surface area contributed by atoms with Crippen LogP contribution in [0, 0.1) is 0 Å². The van der Waals surface area contributed by atoms with Crippen molar-refractivity contribution in [3.8, 4) is 39.8 Å². The van der Waals surface area contributed by atoms with Gasteiger partial charge in [0.15, 0.2) is 11.5 Å². The molecule has 0 aliphatic carbocycles. The summed E-state index contributed by atoms with van der Waals surface area (Å²) < 4.78 is 17.2. The number of rotatable bonds is 8. The monoisotopic (exact) mass is 498 g/mol. The minimum absolute atomic E-state index is 0.0244. The molecule has 7 heteroatoms. The summed E-state index contributed by atoms with van der Waals surface area (Å²) in [5.41, 5.74) is 2.61. The van der Waals surface area contributed by atoms with E-state index in [1.807, 2.05) is 36.4 Å². The Labute approximate surface area is 216 Å². The van der Waals surface area contributed by atoms with E-state index in [0.717, 1.165) is 18.5 Å². The highest BCUT2D eigenvalue weighted by Crippen LogP contribution is 2.35. The van der Waals surface area contributed by atoms with Crippen molar-refractivity contribution in [3.05, 3.63) is 83.9 Å². The first-order valence-electron chi connectivity index (χ1n) is 12.5. The molecule has 0 saturated carbocycles. The van der Waals surface area contributed by atoms with E-state index in [9.17, 15) is 9.90 Å². The smallest absolute Gasteiger partial charge is 0.199 e. The van der Waals surface area contributed by atoms with Gasteiger partial charge in [0.2, 0.25) is 0 Å². The lowest BCUT2D eigenvalue weighted by Crippen LogP contribution is -2.44. The molecule has 1 aliphatic rings. The molecule has 2 N–H and O–H groups in total. The molecule has 1 aromatic heterocycles. The first-order chi connectivity index (χ1) is 18.0. The van der Waals surface area contributed by atoms with E-state index in [2.05, 4.69) is 17.4 Å². The molecule has 37 heavy (non-hydrogen) atoms. The maximum Gasteiger partial charge on any atom is 0.199 e. The molecule has 2 unspecified atom stereocenters. The van der Waals surface area contributed by atoms with Crippen molar-refractivity contribution in [1.82, 2.24) is 10.5 Å². The predicted molar refractivity (Wildman–Crippen MR) is 141 cm³/mol. The van der Waals surface area contributed by atoms with E-state index in [-0.39, 0.29) is 23.7 Å². The van der Waals surface area contributed by atoms with Gasteiger partial charge >= 0.3 is 0 Å². The Morgan fingerprint density at radius 3 is 2.49 bits per heavy atom. The Balaban J connectivity index is 1.51.